The van der Waals surface area contributed by atoms with Gasteiger partial charge in [0.1, 0.15) is 5.54 Å². The topological polar surface area (TPSA) is 58.6 Å². The third-order valence-electron chi connectivity index (χ3n) is 2.51. The average molecular weight is 217 g/mol. The van der Waals surface area contributed by atoms with E-state index < -0.39 is 11.5 Å². The summed E-state index contributed by atoms with van der Waals surface area (Å²) in [7, 11) is 1.65. The zero-order valence-corrected chi connectivity index (χ0v) is 10.2. The van der Waals surface area contributed by atoms with E-state index in [1.54, 1.807) is 14.0 Å². The van der Waals surface area contributed by atoms with Crippen molar-refractivity contribution >= 4 is 5.97 Å². The van der Waals surface area contributed by atoms with Gasteiger partial charge in [0, 0.05) is 20.3 Å². The number of ether oxygens (including phenoxy) is 1. The third-order valence-corrected chi connectivity index (χ3v) is 2.51. The number of aliphatic carboxylic acids is 1. The Morgan fingerprint density at radius 3 is 2.60 bits per heavy atom. The van der Waals surface area contributed by atoms with E-state index in [2.05, 4.69) is 5.32 Å². The first kappa shape index (κ1) is 14.4. The van der Waals surface area contributed by atoms with Crippen LogP contribution in [-0.4, -0.2) is 36.9 Å². The molecule has 0 radical (unpaired) electrons. The lowest BCUT2D eigenvalue weighted by molar-refractivity contribution is -0.144. The average Bonchev–Trinajstić information content (AvgIpc) is 2.15. The van der Waals surface area contributed by atoms with Gasteiger partial charge in [-0.25, -0.2) is 0 Å². The minimum atomic E-state index is -0.809. The summed E-state index contributed by atoms with van der Waals surface area (Å²) in [5.41, 5.74) is -0.809. The zero-order chi connectivity index (χ0) is 11.9. The van der Waals surface area contributed by atoms with Gasteiger partial charge >= 0.3 is 5.97 Å². The Morgan fingerprint density at radius 1 is 1.60 bits per heavy atom. The quantitative estimate of drug-likeness (QED) is 0.647. The summed E-state index contributed by atoms with van der Waals surface area (Å²) < 4.78 is 5.00. The number of carboxylic acid groups (broad SMARTS) is 1. The van der Waals surface area contributed by atoms with Crippen LogP contribution in [0.3, 0.4) is 0 Å². The van der Waals surface area contributed by atoms with Crippen molar-refractivity contribution in [3.05, 3.63) is 0 Å². The van der Waals surface area contributed by atoms with Gasteiger partial charge in [0.15, 0.2) is 0 Å². The molecule has 0 saturated heterocycles. The number of hydrogen-bond donors (Lipinski definition) is 2. The monoisotopic (exact) mass is 217 g/mol. The lowest BCUT2D eigenvalue weighted by Crippen LogP contribution is -2.51. The summed E-state index contributed by atoms with van der Waals surface area (Å²) in [6, 6.07) is 0. The highest BCUT2D eigenvalue weighted by Crippen LogP contribution is 2.13. The maximum atomic E-state index is 11.1. The number of hydrogen-bond acceptors (Lipinski definition) is 3. The van der Waals surface area contributed by atoms with Crippen molar-refractivity contribution in [3.8, 4) is 0 Å². The summed E-state index contributed by atoms with van der Waals surface area (Å²) in [6.07, 6.45) is 1.50. The van der Waals surface area contributed by atoms with Crippen molar-refractivity contribution in [2.45, 2.75) is 39.2 Å². The molecule has 0 aliphatic rings. The van der Waals surface area contributed by atoms with E-state index in [0.29, 0.717) is 25.5 Å². The van der Waals surface area contributed by atoms with E-state index in [0.717, 1.165) is 6.42 Å². The van der Waals surface area contributed by atoms with Gasteiger partial charge in [0.25, 0.3) is 0 Å². The molecule has 0 fully saturated rings. The van der Waals surface area contributed by atoms with Crippen LogP contribution in [0.25, 0.3) is 0 Å². The standard InChI is InChI=1S/C11H23NO3/c1-5-6-11(3,10(13)14)12-7-9(2)8-15-4/h9,12H,5-8H2,1-4H3,(H,13,14). The molecule has 2 atom stereocenters. The molecule has 0 aromatic carbocycles. The number of rotatable bonds is 8. The maximum Gasteiger partial charge on any atom is 0.323 e. The van der Waals surface area contributed by atoms with E-state index in [1.807, 2.05) is 13.8 Å². The van der Waals surface area contributed by atoms with Crippen LogP contribution in [0.2, 0.25) is 0 Å². The fraction of sp³-hybridized carbons (Fsp3) is 0.909. The first-order chi connectivity index (χ1) is 6.96. The highest BCUT2D eigenvalue weighted by molar-refractivity contribution is 5.78. The second-order valence-corrected chi connectivity index (χ2v) is 4.33. The summed E-state index contributed by atoms with van der Waals surface area (Å²) in [5, 5.41) is 12.2. The van der Waals surface area contributed by atoms with Gasteiger partial charge in [-0.1, -0.05) is 20.3 Å². The molecule has 0 amide bonds. The second-order valence-electron chi connectivity index (χ2n) is 4.33. The van der Waals surface area contributed by atoms with Crippen molar-refractivity contribution in [1.29, 1.82) is 0 Å². The molecule has 0 rings (SSSR count). The predicted octanol–water partition coefficient (Wildman–Crippen LogP) is 1.50. The molecular formula is C11H23NO3. The fourth-order valence-corrected chi connectivity index (χ4v) is 1.51. The minimum absolute atomic E-state index is 0.325. The molecule has 4 heteroatoms. The van der Waals surface area contributed by atoms with Crippen LogP contribution in [0.15, 0.2) is 0 Å². The van der Waals surface area contributed by atoms with Crippen LogP contribution >= 0.6 is 0 Å². The summed E-state index contributed by atoms with van der Waals surface area (Å²) >= 11 is 0. The Hall–Kier alpha value is -0.610. The van der Waals surface area contributed by atoms with E-state index in [-0.39, 0.29) is 0 Å². The van der Waals surface area contributed by atoms with E-state index >= 15 is 0 Å². The second kappa shape index (κ2) is 6.80. The van der Waals surface area contributed by atoms with Crippen LogP contribution in [0.5, 0.6) is 0 Å². The Balaban J connectivity index is 4.12. The number of carboxylic acids is 1. The van der Waals surface area contributed by atoms with Crippen LogP contribution in [0.4, 0.5) is 0 Å². The molecule has 2 N–H and O–H groups in total. The van der Waals surface area contributed by atoms with E-state index in [9.17, 15) is 4.79 Å². The lowest BCUT2D eigenvalue weighted by atomic mass is 9.95. The van der Waals surface area contributed by atoms with Crippen molar-refractivity contribution < 1.29 is 14.6 Å². The van der Waals surface area contributed by atoms with Crippen molar-refractivity contribution in [2.24, 2.45) is 5.92 Å². The van der Waals surface area contributed by atoms with Gasteiger partial charge in [0.2, 0.25) is 0 Å². The molecule has 0 heterocycles. The highest BCUT2D eigenvalue weighted by atomic mass is 16.5. The van der Waals surface area contributed by atoms with Gasteiger partial charge in [-0.15, -0.1) is 0 Å². The van der Waals surface area contributed by atoms with Crippen LogP contribution in [0.1, 0.15) is 33.6 Å². The van der Waals surface area contributed by atoms with E-state index in [4.69, 9.17) is 9.84 Å². The Bertz CT molecular complexity index is 196. The third kappa shape index (κ3) is 5.14. The molecule has 0 aliphatic heterocycles. The first-order valence-electron chi connectivity index (χ1n) is 5.43. The molecule has 4 nitrogen and oxygen atoms in total. The van der Waals surface area contributed by atoms with Crippen LogP contribution in [0, 0.1) is 5.92 Å². The summed E-state index contributed by atoms with van der Waals surface area (Å²) in [5.74, 6) is -0.459. The van der Waals surface area contributed by atoms with Crippen LogP contribution in [-0.2, 0) is 9.53 Å². The number of nitrogens with one attached hydrogen (secondary N) is 1. The van der Waals surface area contributed by atoms with Gasteiger partial charge in [-0.05, 0) is 19.3 Å². The highest BCUT2D eigenvalue weighted by Gasteiger charge is 2.31. The number of carbonyl (C=O) groups is 1. The normalized spacial score (nSPS) is 17.1. The molecule has 0 bridgehead atoms. The Labute approximate surface area is 92.0 Å². The van der Waals surface area contributed by atoms with Crippen molar-refractivity contribution in [2.75, 3.05) is 20.3 Å². The van der Waals surface area contributed by atoms with E-state index in [1.165, 1.54) is 0 Å². The van der Waals surface area contributed by atoms with Gasteiger partial charge in [0.05, 0.1) is 0 Å². The SMILES string of the molecule is CCCC(C)(NCC(C)COC)C(=O)O. The molecular weight excluding hydrogens is 194 g/mol. The van der Waals surface area contributed by atoms with Crippen molar-refractivity contribution in [3.63, 3.8) is 0 Å². The molecule has 2 unspecified atom stereocenters. The Kier molecular flexibility index (Phi) is 6.52. The zero-order valence-electron chi connectivity index (χ0n) is 10.2. The molecule has 0 aromatic heterocycles. The molecule has 0 aromatic rings. The molecule has 90 valence electrons. The lowest BCUT2D eigenvalue weighted by Gasteiger charge is -2.27. The predicted molar refractivity (Wildman–Crippen MR) is 60.0 cm³/mol. The summed E-state index contributed by atoms with van der Waals surface area (Å²) in [4.78, 5) is 11.1. The number of methoxy groups -OCH3 is 1. The first-order valence-corrected chi connectivity index (χ1v) is 5.43. The summed E-state index contributed by atoms with van der Waals surface area (Å²) in [6.45, 7) is 7.07. The Morgan fingerprint density at radius 2 is 2.20 bits per heavy atom. The molecule has 0 saturated carbocycles. The molecule has 0 aliphatic carbocycles. The largest absolute Gasteiger partial charge is 0.480 e. The van der Waals surface area contributed by atoms with Crippen molar-refractivity contribution in [1.82, 2.24) is 5.32 Å². The smallest absolute Gasteiger partial charge is 0.323 e. The minimum Gasteiger partial charge on any atom is -0.480 e. The maximum absolute atomic E-state index is 11.1. The fourth-order valence-electron chi connectivity index (χ4n) is 1.51. The molecule has 15 heavy (non-hydrogen) atoms. The van der Waals surface area contributed by atoms with Gasteiger partial charge in [-0.2, -0.15) is 0 Å². The van der Waals surface area contributed by atoms with Crippen LogP contribution < -0.4 is 5.32 Å². The van der Waals surface area contributed by atoms with Gasteiger partial charge in [-0.3, -0.25) is 4.79 Å². The molecule has 0 spiro atoms. The van der Waals surface area contributed by atoms with Gasteiger partial charge < -0.3 is 15.2 Å².